The van der Waals surface area contributed by atoms with E-state index in [0.29, 0.717) is 23.2 Å². The Morgan fingerprint density at radius 1 is 1.22 bits per heavy atom. The maximum atomic E-state index is 13.0. The molecular weight excluding hydrogens is 420 g/mol. The van der Waals surface area contributed by atoms with E-state index in [1.165, 1.54) is 5.56 Å². The van der Waals surface area contributed by atoms with E-state index in [-0.39, 0.29) is 5.91 Å². The molecule has 1 N–H and O–H groups in total. The first-order chi connectivity index (χ1) is 15.3. The second-order valence-corrected chi connectivity index (χ2v) is 9.76. The Morgan fingerprint density at radius 3 is 2.78 bits per heavy atom. The number of nitrogens with zero attached hydrogens (tertiary/aromatic N) is 3. The Balaban J connectivity index is 1.54. The van der Waals surface area contributed by atoms with Crippen molar-refractivity contribution in [2.45, 2.75) is 44.8 Å². The number of benzene rings is 2. The number of carbonyl (C=O) groups is 1. The molecule has 0 radical (unpaired) electrons. The van der Waals surface area contributed by atoms with Gasteiger partial charge >= 0.3 is 5.16 Å². The molecule has 32 heavy (non-hydrogen) atoms. The minimum atomic E-state index is -1.19. The van der Waals surface area contributed by atoms with Crippen LogP contribution in [0.3, 0.4) is 0 Å². The predicted octanol–water partition coefficient (Wildman–Crippen LogP) is 4.46. The molecule has 0 aliphatic carbocycles. The van der Waals surface area contributed by atoms with Gasteiger partial charge in [0.25, 0.3) is 5.91 Å². The standard InChI is InChI=1S/C25H28N4O2S/c1-16(2)18-6-5-7-21(12-18)27-24(30)19-9-8-17(3)23(13-19)29-11-10-22-20(15-29)14-26-25(28-22)32(4)31/h5-9,12-14,16H,10-11,15H2,1-4H3,(H,27,30). The quantitative estimate of drug-likeness (QED) is 0.460. The van der Waals surface area contributed by atoms with Crippen LogP contribution in [0.2, 0.25) is 0 Å². The molecule has 1 unspecified atom stereocenters. The fraction of sp³-hybridized carbons (Fsp3) is 0.320. The van der Waals surface area contributed by atoms with Crippen molar-refractivity contribution < 1.29 is 9.35 Å². The van der Waals surface area contributed by atoms with Gasteiger partial charge in [-0.1, -0.05) is 32.0 Å². The topological polar surface area (TPSA) is 81.2 Å². The fourth-order valence-electron chi connectivity index (χ4n) is 3.91. The number of nitrogens with one attached hydrogen (secondary N) is 1. The molecule has 1 aliphatic rings. The summed E-state index contributed by atoms with van der Waals surface area (Å²) in [6.07, 6.45) is 4.12. The highest BCUT2D eigenvalue weighted by Crippen LogP contribution is 2.28. The van der Waals surface area contributed by atoms with Gasteiger partial charge in [0.15, 0.2) is 0 Å². The van der Waals surface area contributed by atoms with E-state index in [2.05, 4.69) is 47.0 Å². The van der Waals surface area contributed by atoms with Gasteiger partial charge in [-0.3, -0.25) is 4.79 Å². The van der Waals surface area contributed by atoms with E-state index in [1.807, 2.05) is 36.4 Å². The number of carbonyl (C=O) groups excluding carboxylic acids is 1. The summed E-state index contributed by atoms with van der Waals surface area (Å²) in [6, 6.07) is 13.8. The van der Waals surface area contributed by atoms with Crippen LogP contribution in [0.25, 0.3) is 0 Å². The van der Waals surface area contributed by atoms with Crippen molar-refractivity contribution in [2.75, 3.05) is 23.0 Å². The van der Waals surface area contributed by atoms with E-state index >= 15 is 0 Å². The molecular formula is C25H28N4O2S. The number of anilines is 2. The van der Waals surface area contributed by atoms with Crippen LogP contribution >= 0.6 is 0 Å². The molecule has 0 saturated carbocycles. The molecule has 0 fully saturated rings. The normalized spacial score (nSPS) is 14.2. The van der Waals surface area contributed by atoms with Gasteiger partial charge in [0.05, 0.1) is 5.69 Å². The highest BCUT2D eigenvalue weighted by atomic mass is 32.2. The van der Waals surface area contributed by atoms with Gasteiger partial charge in [-0.05, 0) is 48.2 Å². The van der Waals surface area contributed by atoms with Gasteiger partial charge in [0.2, 0.25) is 0 Å². The molecule has 166 valence electrons. The van der Waals surface area contributed by atoms with Gasteiger partial charge in [-0.15, -0.1) is 0 Å². The number of hydrogen-bond acceptors (Lipinski definition) is 5. The van der Waals surface area contributed by atoms with Crippen molar-refractivity contribution in [1.82, 2.24) is 9.97 Å². The molecule has 1 aliphatic heterocycles. The summed E-state index contributed by atoms with van der Waals surface area (Å²) < 4.78 is 11.7. The first-order valence-electron chi connectivity index (χ1n) is 10.8. The molecule has 0 spiro atoms. The lowest BCUT2D eigenvalue weighted by Gasteiger charge is -2.31. The van der Waals surface area contributed by atoms with Crippen molar-refractivity contribution in [3.8, 4) is 0 Å². The van der Waals surface area contributed by atoms with Crippen LogP contribution in [-0.2, 0) is 24.1 Å². The van der Waals surface area contributed by atoms with Crippen LogP contribution in [-0.4, -0.2) is 33.2 Å². The van der Waals surface area contributed by atoms with Crippen molar-refractivity contribution in [1.29, 1.82) is 0 Å². The third-order valence-electron chi connectivity index (χ3n) is 5.79. The molecule has 2 heterocycles. The number of aryl methyl sites for hydroxylation is 1. The van der Waals surface area contributed by atoms with Crippen LogP contribution in [0.1, 0.15) is 52.5 Å². The largest absolute Gasteiger partial charge is 0.609 e. The highest BCUT2D eigenvalue weighted by Gasteiger charge is 2.22. The third-order valence-corrected chi connectivity index (χ3v) is 6.50. The molecule has 1 aromatic heterocycles. The summed E-state index contributed by atoms with van der Waals surface area (Å²) in [5, 5.41) is 3.41. The van der Waals surface area contributed by atoms with Crippen LogP contribution in [0.15, 0.2) is 53.8 Å². The Labute approximate surface area is 192 Å². The summed E-state index contributed by atoms with van der Waals surface area (Å²) in [5.74, 6) is 0.278. The van der Waals surface area contributed by atoms with Crippen molar-refractivity contribution in [3.05, 3.63) is 76.6 Å². The summed E-state index contributed by atoms with van der Waals surface area (Å²) in [5.41, 5.74) is 6.75. The van der Waals surface area contributed by atoms with Crippen LogP contribution in [0, 0.1) is 6.92 Å². The second kappa shape index (κ2) is 9.30. The Hall–Kier alpha value is -2.90. The lowest BCUT2D eigenvalue weighted by molar-refractivity contribution is 0.102. The lowest BCUT2D eigenvalue weighted by atomic mass is 10.0. The minimum Gasteiger partial charge on any atom is -0.609 e. The molecule has 2 aromatic carbocycles. The first-order valence-corrected chi connectivity index (χ1v) is 12.3. The van der Waals surface area contributed by atoms with E-state index in [0.717, 1.165) is 41.2 Å². The average Bonchev–Trinajstić information content (AvgIpc) is 2.78. The number of fused-ring (bicyclic) bond motifs is 1. The Kier molecular flexibility index (Phi) is 6.48. The number of hydrogen-bond donors (Lipinski definition) is 1. The van der Waals surface area contributed by atoms with Crippen molar-refractivity contribution in [2.24, 2.45) is 0 Å². The van der Waals surface area contributed by atoms with Crippen LogP contribution in [0.5, 0.6) is 0 Å². The van der Waals surface area contributed by atoms with E-state index < -0.39 is 11.2 Å². The van der Waals surface area contributed by atoms with E-state index in [9.17, 15) is 9.35 Å². The molecule has 3 aromatic rings. The number of amides is 1. The van der Waals surface area contributed by atoms with Crippen molar-refractivity contribution in [3.63, 3.8) is 0 Å². The zero-order valence-corrected chi connectivity index (χ0v) is 19.7. The van der Waals surface area contributed by atoms with Gasteiger partial charge in [-0.25, -0.2) is 0 Å². The zero-order valence-electron chi connectivity index (χ0n) is 18.9. The number of aromatic nitrogens is 2. The summed E-state index contributed by atoms with van der Waals surface area (Å²) in [7, 11) is 0. The molecule has 7 heteroatoms. The fourth-order valence-corrected chi connectivity index (χ4v) is 4.35. The molecule has 1 amide bonds. The zero-order chi connectivity index (χ0) is 22.8. The summed E-state index contributed by atoms with van der Waals surface area (Å²) in [6.45, 7) is 7.77. The lowest BCUT2D eigenvalue weighted by Crippen LogP contribution is -2.32. The molecule has 0 bridgehead atoms. The second-order valence-electron chi connectivity index (χ2n) is 8.49. The SMILES string of the molecule is Cc1ccc(C(=O)Nc2cccc(C(C)C)c2)cc1N1CCc2nc([S+](C)[O-])ncc2C1. The van der Waals surface area contributed by atoms with E-state index in [4.69, 9.17) is 0 Å². The maximum Gasteiger partial charge on any atom is 0.342 e. The maximum absolute atomic E-state index is 13.0. The predicted molar refractivity (Wildman–Crippen MR) is 129 cm³/mol. The third kappa shape index (κ3) is 4.79. The summed E-state index contributed by atoms with van der Waals surface area (Å²) in [4.78, 5) is 23.9. The van der Waals surface area contributed by atoms with Gasteiger partial charge in [-0.2, -0.15) is 9.97 Å². The Bertz CT molecular complexity index is 1150. The molecule has 1 atom stereocenters. The van der Waals surface area contributed by atoms with E-state index in [1.54, 1.807) is 12.5 Å². The van der Waals surface area contributed by atoms with Gasteiger partial charge < -0.3 is 14.8 Å². The Morgan fingerprint density at radius 2 is 2.03 bits per heavy atom. The average molecular weight is 449 g/mol. The van der Waals surface area contributed by atoms with Crippen LogP contribution < -0.4 is 10.2 Å². The molecule has 6 nitrogen and oxygen atoms in total. The molecule has 0 saturated heterocycles. The smallest absolute Gasteiger partial charge is 0.342 e. The minimum absolute atomic E-state index is 0.122. The van der Waals surface area contributed by atoms with Crippen molar-refractivity contribution >= 4 is 28.5 Å². The number of rotatable bonds is 5. The highest BCUT2D eigenvalue weighted by molar-refractivity contribution is 7.90. The van der Waals surface area contributed by atoms with Crippen LogP contribution in [0.4, 0.5) is 11.4 Å². The van der Waals surface area contributed by atoms with Gasteiger partial charge in [0, 0.05) is 59.4 Å². The monoisotopic (exact) mass is 448 g/mol. The first kappa shape index (κ1) is 22.3. The van der Waals surface area contributed by atoms with Gasteiger partial charge in [0.1, 0.15) is 6.26 Å². The molecule has 4 rings (SSSR count). The summed E-state index contributed by atoms with van der Waals surface area (Å²) >= 11 is -1.19.